The summed E-state index contributed by atoms with van der Waals surface area (Å²) in [6.07, 6.45) is 0. The highest BCUT2D eigenvalue weighted by Crippen LogP contribution is 2.21. The van der Waals surface area contributed by atoms with Gasteiger partial charge < -0.3 is 10.2 Å². The fourth-order valence-corrected chi connectivity index (χ4v) is 2.33. The van der Waals surface area contributed by atoms with Gasteiger partial charge in [-0.25, -0.2) is 4.39 Å². The van der Waals surface area contributed by atoms with Crippen LogP contribution in [0.4, 0.5) is 4.39 Å². The van der Waals surface area contributed by atoms with Gasteiger partial charge in [-0.2, -0.15) is 0 Å². The van der Waals surface area contributed by atoms with Crippen molar-refractivity contribution in [3.8, 4) is 0 Å². The molecule has 0 radical (unpaired) electrons. The predicted molar refractivity (Wildman–Crippen MR) is 88.6 cm³/mol. The Labute approximate surface area is 131 Å². The number of nitrogens with one attached hydrogen (secondary N) is 1. The van der Waals surface area contributed by atoms with Crippen molar-refractivity contribution in [3.05, 3.63) is 70.3 Å². The Morgan fingerprint density at radius 3 is 2.38 bits per heavy atom. The molecule has 0 heterocycles. The van der Waals surface area contributed by atoms with Crippen LogP contribution in [0.5, 0.6) is 0 Å². The van der Waals surface area contributed by atoms with Gasteiger partial charge in [-0.1, -0.05) is 36.4 Å². The van der Waals surface area contributed by atoms with Crippen molar-refractivity contribution >= 4 is 11.6 Å². The van der Waals surface area contributed by atoms with Crippen LogP contribution in [0.1, 0.15) is 19.4 Å². The number of nitrogens with zero attached hydrogens (tertiary/aromatic N) is 1. The van der Waals surface area contributed by atoms with Gasteiger partial charge in [0.2, 0.25) is 0 Å². The van der Waals surface area contributed by atoms with E-state index in [0.29, 0.717) is 6.54 Å². The Morgan fingerprint density at radius 2 is 1.90 bits per heavy atom. The Morgan fingerprint density at radius 1 is 1.29 bits per heavy atom. The predicted octanol–water partition coefficient (Wildman–Crippen LogP) is 4.49. The van der Waals surface area contributed by atoms with Gasteiger partial charge in [0.05, 0.1) is 5.02 Å². The molecule has 4 heteroatoms. The van der Waals surface area contributed by atoms with Crippen LogP contribution < -0.4 is 5.32 Å². The topological polar surface area (TPSA) is 15.3 Å². The molecule has 0 aliphatic carbocycles. The number of hydrogen-bond donors (Lipinski definition) is 1. The summed E-state index contributed by atoms with van der Waals surface area (Å²) in [7, 11) is 3.95. The standard InChI is InChI=1S/C17H22ClFN2/c1-11(2)17(21(5)6)12(3)13(4)20-10-14-7-8-16(19)15(18)9-14/h7-9,20H,3-4,10H2,1-2,5-6H3. The highest BCUT2D eigenvalue weighted by molar-refractivity contribution is 6.30. The average molecular weight is 309 g/mol. The van der Waals surface area contributed by atoms with E-state index < -0.39 is 5.82 Å². The Bertz CT molecular complexity index is 584. The SMILES string of the molecule is C=C(NCc1ccc(F)c(Cl)c1)C(=C)C(=C(C)C)N(C)C. The van der Waals surface area contributed by atoms with Crippen LogP contribution >= 0.6 is 11.6 Å². The minimum Gasteiger partial charge on any atom is -0.381 e. The fourth-order valence-electron chi connectivity index (χ4n) is 2.13. The molecule has 0 unspecified atom stereocenters. The largest absolute Gasteiger partial charge is 0.381 e. The zero-order chi connectivity index (χ0) is 16.2. The summed E-state index contributed by atoms with van der Waals surface area (Å²) in [5.41, 5.74) is 4.68. The molecule has 0 saturated heterocycles. The van der Waals surface area contributed by atoms with Gasteiger partial charge >= 0.3 is 0 Å². The van der Waals surface area contributed by atoms with Crippen LogP contribution in [0.25, 0.3) is 0 Å². The zero-order valence-electron chi connectivity index (χ0n) is 13.1. The van der Waals surface area contributed by atoms with Gasteiger partial charge in [-0.3, -0.25) is 0 Å². The first-order valence-corrected chi connectivity index (χ1v) is 7.03. The van der Waals surface area contributed by atoms with Gasteiger partial charge in [0, 0.05) is 37.6 Å². The molecule has 0 aliphatic rings. The molecule has 0 fully saturated rings. The Balaban J connectivity index is 2.75. The van der Waals surface area contributed by atoms with Gasteiger partial charge in [0.25, 0.3) is 0 Å². The molecule has 0 bridgehead atoms. The van der Waals surface area contributed by atoms with E-state index in [1.54, 1.807) is 12.1 Å². The van der Waals surface area contributed by atoms with Crippen molar-refractivity contribution in [1.29, 1.82) is 0 Å². The van der Waals surface area contributed by atoms with Crippen LogP contribution in [0, 0.1) is 5.82 Å². The van der Waals surface area contributed by atoms with E-state index in [4.69, 9.17) is 11.6 Å². The van der Waals surface area contributed by atoms with E-state index in [-0.39, 0.29) is 5.02 Å². The van der Waals surface area contributed by atoms with Crippen LogP contribution in [0.3, 0.4) is 0 Å². The third-order valence-electron chi connectivity index (χ3n) is 3.06. The van der Waals surface area contributed by atoms with E-state index in [1.165, 1.54) is 6.07 Å². The highest BCUT2D eigenvalue weighted by atomic mass is 35.5. The van der Waals surface area contributed by atoms with Crippen molar-refractivity contribution in [1.82, 2.24) is 10.2 Å². The molecule has 0 atom stereocenters. The molecule has 0 aromatic heterocycles. The normalized spacial score (nSPS) is 10.0. The average Bonchev–Trinajstić information content (AvgIpc) is 2.38. The lowest BCUT2D eigenvalue weighted by atomic mass is 10.1. The summed E-state index contributed by atoms with van der Waals surface area (Å²) >= 11 is 5.77. The summed E-state index contributed by atoms with van der Waals surface area (Å²) in [6.45, 7) is 12.7. The first-order chi connectivity index (χ1) is 9.73. The van der Waals surface area contributed by atoms with Crippen LogP contribution in [-0.2, 0) is 6.54 Å². The summed E-state index contributed by atoms with van der Waals surface area (Å²) in [4.78, 5) is 2.01. The number of hydrogen-bond acceptors (Lipinski definition) is 2. The van der Waals surface area contributed by atoms with Crippen molar-refractivity contribution in [3.63, 3.8) is 0 Å². The minimum absolute atomic E-state index is 0.122. The van der Waals surface area contributed by atoms with Crippen LogP contribution in [0.15, 0.2) is 53.9 Å². The number of halogens is 2. The van der Waals surface area contributed by atoms with Crippen molar-refractivity contribution < 1.29 is 4.39 Å². The third kappa shape index (κ3) is 4.64. The van der Waals surface area contributed by atoms with Gasteiger partial charge in [-0.15, -0.1) is 0 Å². The van der Waals surface area contributed by atoms with Crippen molar-refractivity contribution in [2.24, 2.45) is 0 Å². The van der Waals surface area contributed by atoms with Gasteiger partial charge in [0.1, 0.15) is 5.82 Å². The molecule has 1 N–H and O–H groups in total. The fraction of sp³-hybridized carbons (Fsp3) is 0.294. The number of likely N-dealkylation sites (N-methyl/N-ethyl adjacent to an activating group) is 1. The molecular weight excluding hydrogens is 287 g/mol. The highest BCUT2D eigenvalue weighted by Gasteiger charge is 2.10. The monoisotopic (exact) mass is 308 g/mol. The number of rotatable bonds is 6. The maximum atomic E-state index is 13.1. The van der Waals surface area contributed by atoms with E-state index in [0.717, 1.165) is 28.1 Å². The lowest BCUT2D eigenvalue weighted by molar-refractivity contribution is 0.514. The number of benzene rings is 1. The van der Waals surface area contributed by atoms with Gasteiger partial charge in [-0.05, 0) is 31.5 Å². The summed E-state index contributed by atoms with van der Waals surface area (Å²) in [6, 6.07) is 4.66. The number of allylic oxidation sites excluding steroid dienone is 1. The molecule has 1 aromatic rings. The molecule has 0 amide bonds. The quantitative estimate of drug-likeness (QED) is 0.779. The van der Waals surface area contributed by atoms with Crippen LogP contribution in [0.2, 0.25) is 5.02 Å². The molecule has 0 saturated carbocycles. The molecule has 2 nitrogen and oxygen atoms in total. The Kier molecular flexibility index (Phi) is 6.03. The van der Waals surface area contributed by atoms with E-state index >= 15 is 0 Å². The second-order valence-corrected chi connectivity index (χ2v) is 5.71. The summed E-state index contributed by atoms with van der Waals surface area (Å²) < 4.78 is 13.1. The van der Waals surface area contributed by atoms with E-state index in [1.807, 2.05) is 32.8 Å². The van der Waals surface area contributed by atoms with Gasteiger partial charge in [0.15, 0.2) is 0 Å². The Hall–Kier alpha value is -1.74. The van der Waals surface area contributed by atoms with Crippen LogP contribution in [-0.4, -0.2) is 19.0 Å². The first kappa shape index (κ1) is 17.3. The minimum atomic E-state index is -0.414. The molecule has 0 aliphatic heterocycles. The second-order valence-electron chi connectivity index (χ2n) is 5.30. The lowest BCUT2D eigenvalue weighted by Gasteiger charge is -2.23. The molecule has 114 valence electrons. The molecule has 1 rings (SSSR count). The maximum Gasteiger partial charge on any atom is 0.141 e. The molecule has 1 aromatic carbocycles. The summed E-state index contributed by atoms with van der Waals surface area (Å²) in [5, 5.41) is 3.32. The summed E-state index contributed by atoms with van der Waals surface area (Å²) in [5.74, 6) is -0.414. The first-order valence-electron chi connectivity index (χ1n) is 6.65. The van der Waals surface area contributed by atoms with Crippen molar-refractivity contribution in [2.45, 2.75) is 20.4 Å². The maximum absolute atomic E-state index is 13.1. The smallest absolute Gasteiger partial charge is 0.141 e. The van der Waals surface area contributed by atoms with E-state index in [2.05, 4.69) is 18.5 Å². The molecular formula is C17H22ClFN2. The second kappa shape index (κ2) is 7.32. The lowest BCUT2D eigenvalue weighted by Crippen LogP contribution is -2.20. The molecule has 21 heavy (non-hydrogen) atoms. The zero-order valence-corrected chi connectivity index (χ0v) is 13.8. The third-order valence-corrected chi connectivity index (χ3v) is 3.35. The molecule has 0 spiro atoms. The van der Waals surface area contributed by atoms with E-state index in [9.17, 15) is 4.39 Å². The van der Waals surface area contributed by atoms with Crippen molar-refractivity contribution in [2.75, 3.05) is 14.1 Å².